The van der Waals surface area contributed by atoms with Crippen molar-refractivity contribution in [2.75, 3.05) is 18.4 Å². The van der Waals surface area contributed by atoms with Crippen LogP contribution >= 0.6 is 0 Å². The standard InChI is InChI=1S/C14H15F3N4O3/c15-14(16,17)9-3-4-10(20-19-9)18-12(24)21-6-8-2-1-5-13(8,7-21)11(22)23/h3-4,8H,1-2,5-7H2,(H,22,23)(H,18,20,24)/t8-,13+/m0/s1. The normalized spacial score (nSPS) is 26.3. The van der Waals surface area contributed by atoms with Crippen molar-refractivity contribution in [3.8, 4) is 0 Å². The summed E-state index contributed by atoms with van der Waals surface area (Å²) in [5.41, 5.74) is -2.07. The number of halogens is 3. The van der Waals surface area contributed by atoms with Gasteiger partial charge in [0.2, 0.25) is 0 Å². The number of nitrogens with one attached hydrogen (secondary N) is 1. The first-order valence-electron chi connectivity index (χ1n) is 7.43. The number of carboxylic acids is 1. The van der Waals surface area contributed by atoms with Crippen LogP contribution in [0.5, 0.6) is 0 Å². The molecule has 2 N–H and O–H groups in total. The van der Waals surface area contributed by atoms with Gasteiger partial charge < -0.3 is 10.0 Å². The molecule has 2 heterocycles. The maximum Gasteiger partial charge on any atom is 0.435 e. The van der Waals surface area contributed by atoms with E-state index in [0.29, 0.717) is 13.0 Å². The third-order valence-corrected chi connectivity index (χ3v) is 4.77. The van der Waals surface area contributed by atoms with Gasteiger partial charge in [-0.25, -0.2) is 4.79 Å². The summed E-state index contributed by atoms with van der Waals surface area (Å²) in [4.78, 5) is 25.2. The van der Waals surface area contributed by atoms with Crippen molar-refractivity contribution in [2.45, 2.75) is 25.4 Å². The number of hydrogen-bond donors (Lipinski definition) is 2. The number of amides is 2. The van der Waals surface area contributed by atoms with Crippen LogP contribution in [0.15, 0.2) is 12.1 Å². The Hall–Kier alpha value is -2.39. The third-order valence-electron chi connectivity index (χ3n) is 4.77. The zero-order valence-corrected chi connectivity index (χ0v) is 12.5. The lowest BCUT2D eigenvalue weighted by molar-refractivity contribution is -0.149. The maximum absolute atomic E-state index is 12.4. The summed E-state index contributed by atoms with van der Waals surface area (Å²) < 4.78 is 37.3. The van der Waals surface area contributed by atoms with E-state index in [1.54, 1.807) is 0 Å². The maximum atomic E-state index is 12.4. The van der Waals surface area contributed by atoms with Crippen LogP contribution in [0.1, 0.15) is 25.0 Å². The van der Waals surface area contributed by atoms with Crippen LogP contribution in [0.25, 0.3) is 0 Å². The number of aliphatic carboxylic acids is 1. The number of carbonyl (C=O) groups is 2. The van der Waals surface area contributed by atoms with Crippen molar-refractivity contribution < 1.29 is 27.9 Å². The zero-order chi connectivity index (χ0) is 17.5. The number of likely N-dealkylation sites (tertiary alicyclic amines) is 1. The Morgan fingerprint density at radius 3 is 2.62 bits per heavy atom. The number of fused-ring (bicyclic) bond motifs is 1. The third kappa shape index (κ3) is 2.76. The number of carbonyl (C=O) groups excluding carboxylic acids is 1. The molecule has 1 aromatic rings. The molecule has 1 saturated carbocycles. The van der Waals surface area contributed by atoms with Gasteiger partial charge in [-0.15, -0.1) is 10.2 Å². The van der Waals surface area contributed by atoms with Crippen molar-refractivity contribution in [1.82, 2.24) is 15.1 Å². The fraction of sp³-hybridized carbons (Fsp3) is 0.571. The average Bonchev–Trinajstić information content (AvgIpc) is 3.04. The van der Waals surface area contributed by atoms with Crippen LogP contribution in [0.4, 0.5) is 23.8 Å². The van der Waals surface area contributed by atoms with Gasteiger partial charge in [-0.2, -0.15) is 13.2 Å². The molecule has 3 rings (SSSR count). The van der Waals surface area contributed by atoms with Gasteiger partial charge in [-0.3, -0.25) is 10.1 Å². The largest absolute Gasteiger partial charge is 0.481 e. The van der Waals surface area contributed by atoms with Gasteiger partial charge >= 0.3 is 18.2 Å². The van der Waals surface area contributed by atoms with E-state index in [9.17, 15) is 27.9 Å². The number of anilines is 1. The Morgan fingerprint density at radius 1 is 1.33 bits per heavy atom. The molecule has 2 aliphatic rings. The Balaban J connectivity index is 1.67. The summed E-state index contributed by atoms with van der Waals surface area (Å²) in [5.74, 6) is -1.12. The van der Waals surface area contributed by atoms with Crippen molar-refractivity contribution in [1.29, 1.82) is 0 Å². The highest BCUT2D eigenvalue weighted by molar-refractivity contribution is 5.89. The Kier molecular flexibility index (Phi) is 3.84. The van der Waals surface area contributed by atoms with E-state index in [1.807, 2.05) is 0 Å². The van der Waals surface area contributed by atoms with E-state index in [1.165, 1.54) is 4.90 Å². The molecule has 0 aromatic carbocycles. The molecule has 24 heavy (non-hydrogen) atoms. The minimum Gasteiger partial charge on any atom is -0.481 e. The second-order valence-electron chi connectivity index (χ2n) is 6.16. The summed E-state index contributed by atoms with van der Waals surface area (Å²) >= 11 is 0. The molecule has 1 aliphatic heterocycles. The van der Waals surface area contributed by atoms with Crippen LogP contribution in [0, 0.1) is 11.3 Å². The van der Waals surface area contributed by atoms with Crippen molar-refractivity contribution in [2.24, 2.45) is 11.3 Å². The second-order valence-corrected chi connectivity index (χ2v) is 6.16. The van der Waals surface area contributed by atoms with Gasteiger partial charge in [0.05, 0.1) is 5.41 Å². The molecule has 0 spiro atoms. The summed E-state index contributed by atoms with van der Waals surface area (Å²) in [7, 11) is 0. The molecule has 2 atom stereocenters. The van der Waals surface area contributed by atoms with Crippen LogP contribution < -0.4 is 5.32 Å². The molecule has 10 heteroatoms. The molecule has 1 aromatic heterocycles. The van der Waals surface area contributed by atoms with Gasteiger partial charge in [0, 0.05) is 13.1 Å². The molecule has 2 fully saturated rings. The van der Waals surface area contributed by atoms with Gasteiger partial charge in [-0.1, -0.05) is 6.42 Å². The summed E-state index contributed by atoms with van der Waals surface area (Å²) in [6.45, 7) is 0.402. The van der Waals surface area contributed by atoms with E-state index >= 15 is 0 Å². The van der Waals surface area contributed by atoms with Crippen LogP contribution in [-0.2, 0) is 11.0 Å². The first kappa shape index (κ1) is 16.5. The topological polar surface area (TPSA) is 95.4 Å². The average molecular weight is 344 g/mol. The van der Waals surface area contributed by atoms with Crippen molar-refractivity contribution in [3.05, 3.63) is 17.8 Å². The summed E-state index contributed by atoms with van der Waals surface area (Å²) in [5, 5.41) is 18.2. The number of alkyl halides is 3. The van der Waals surface area contributed by atoms with E-state index < -0.39 is 29.3 Å². The molecule has 0 unspecified atom stereocenters. The lowest BCUT2D eigenvalue weighted by Gasteiger charge is -2.23. The number of aromatic nitrogens is 2. The lowest BCUT2D eigenvalue weighted by Crippen LogP contribution is -2.38. The number of rotatable bonds is 2. The minimum atomic E-state index is -4.60. The van der Waals surface area contributed by atoms with Gasteiger partial charge in [0.25, 0.3) is 0 Å². The highest BCUT2D eigenvalue weighted by Gasteiger charge is 2.55. The number of urea groups is 1. The lowest BCUT2D eigenvalue weighted by atomic mass is 9.81. The van der Waals surface area contributed by atoms with Crippen LogP contribution in [0.2, 0.25) is 0 Å². The first-order valence-corrected chi connectivity index (χ1v) is 7.43. The quantitative estimate of drug-likeness (QED) is 0.858. The smallest absolute Gasteiger partial charge is 0.435 e. The van der Waals surface area contributed by atoms with Gasteiger partial charge in [0.1, 0.15) is 0 Å². The number of nitrogens with zero attached hydrogens (tertiary/aromatic N) is 3. The van der Waals surface area contributed by atoms with Crippen molar-refractivity contribution in [3.63, 3.8) is 0 Å². The number of carboxylic acid groups (broad SMARTS) is 1. The summed E-state index contributed by atoms with van der Waals surface area (Å²) in [6.07, 6.45) is -2.51. The van der Waals surface area contributed by atoms with E-state index in [2.05, 4.69) is 15.5 Å². The summed E-state index contributed by atoms with van der Waals surface area (Å²) in [6, 6.07) is 1.15. The molecule has 1 aliphatic carbocycles. The fourth-order valence-corrected chi connectivity index (χ4v) is 3.53. The molecule has 130 valence electrons. The van der Waals surface area contributed by atoms with Crippen LogP contribution in [0.3, 0.4) is 0 Å². The molecule has 7 nitrogen and oxygen atoms in total. The van der Waals surface area contributed by atoms with Gasteiger partial charge in [-0.05, 0) is 30.9 Å². The SMILES string of the molecule is O=C(Nc1ccc(C(F)(F)F)nn1)N1C[C@@H]2CCC[C@@]2(C(=O)O)C1. The monoisotopic (exact) mass is 344 g/mol. The second kappa shape index (κ2) is 5.60. The predicted octanol–water partition coefficient (Wildman–Crippen LogP) is 2.21. The minimum absolute atomic E-state index is 0.0902. The molecular weight excluding hydrogens is 329 g/mol. The molecule has 1 saturated heterocycles. The Labute approximate surface area is 134 Å². The fourth-order valence-electron chi connectivity index (χ4n) is 3.53. The molecule has 2 amide bonds. The first-order chi connectivity index (χ1) is 11.2. The number of hydrogen-bond acceptors (Lipinski definition) is 4. The zero-order valence-electron chi connectivity index (χ0n) is 12.5. The van der Waals surface area contributed by atoms with Gasteiger partial charge in [0.15, 0.2) is 11.5 Å². The highest BCUT2D eigenvalue weighted by Crippen LogP contribution is 2.48. The van der Waals surface area contributed by atoms with E-state index in [0.717, 1.165) is 25.0 Å². The molecule has 0 radical (unpaired) electrons. The molecular formula is C14H15F3N4O3. The Bertz CT molecular complexity index is 664. The highest BCUT2D eigenvalue weighted by atomic mass is 19.4. The van der Waals surface area contributed by atoms with E-state index in [-0.39, 0.29) is 18.3 Å². The van der Waals surface area contributed by atoms with Crippen molar-refractivity contribution >= 4 is 17.8 Å². The Morgan fingerprint density at radius 2 is 2.08 bits per heavy atom. The predicted molar refractivity (Wildman–Crippen MR) is 75.0 cm³/mol. The molecule has 0 bridgehead atoms. The van der Waals surface area contributed by atoms with Crippen LogP contribution in [-0.4, -0.2) is 45.3 Å². The van der Waals surface area contributed by atoms with E-state index in [4.69, 9.17) is 0 Å².